The molecular weight excluding hydrogens is 290 g/mol. The zero-order valence-corrected chi connectivity index (χ0v) is 12.2. The van der Waals surface area contributed by atoms with E-state index >= 15 is 0 Å². The van der Waals surface area contributed by atoms with Gasteiger partial charge >= 0.3 is 5.82 Å². The summed E-state index contributed by atoms with van der Waals surface area (Å²) in [5.74, 6) is 2.23. The smallest absolute Gasteiger partial charge is 0.340 e. The molecule has 0 aromatic carbocycles. The summed E-state index contributed by atoms with van der Waals surface area (Å²) in [7, 11) is 0. The molecule has 1 N–H and O–H groups in total. The third-order valence-electron chi connectivity index (χ3n) is 3.40. The van der Waals surface area contributed by atoms with E-state index in [0.29, 0.717) is 6.54 Å². The van der Waals surface area contributed by atoms with Crippen molar-refractivity contribution in [1.29, 1.82) is 0 Å². The van der Waals surface area contributed by atoms with Crippen molar-refractivity contribution in [3.05, 3.63) is 73.4 Å². The lowest BCUT2D eigenvalue weighted by Gasteiger charge is -2.09. The summed E-state index contributed by atoms with van der Waals surface area (Å²) in [6.45, 7) is 0.647. The first-order chi connectivity index (χ1) is 11.4. The lowest BCUT2D eigenvalue weighted by molar-refractivity contribution is -0.600. The molecule has 0 spiro atoms. The number of nitrogens with one attached hydrogen (secondary N) is 1. The van der Waals surface area contributed by atoms with E-state index in [2.05, 4.69) is 25.4 Å². The molecule has 0 saturated heterocycles. The van der Waals surface area contributed by atoms with Gasteiger partial charge in [-0.1, -0.05) is 0 Å². The number of nitrogens with zero attached hydrogens (tertiary/aromatic N) is 6. The Kier molecular flexibility index (Phi) is 3.36. The fraction of sp³-hybridized carbons (Fsp3) is 0.0625. The standard InChI is InChI=1S/C16H14N7/c1-5-18-15(19-6-1)16-20-7-2-10-22(16)13-4-9-17-14(12-13)23-11-3-8-21-23/h1-5,7-12H,6H2,(H,18,19)/q+1. The topological polar surface area (TPSA) is 71.9 Å². The van der Waals surface area contributed by atoms with Crippen molar-refractivity contribution in [2.24, 2.45) is 4.99 Å². The van der Waals surface area contributed by atoms with Crippen molar-refractivity contribution in [1.82, 2.24) is 25.1 Å². The van der Waals surface area contributed by atoms with Crippen LogP contribution in [0.1, 0.15) is 5.82 Å². The molecular formula is C16H14N7+. The molecule has 0 aliphatic carbocycles. The Morgan fingerprint density at radius 3 is 2.96 bits per heavy atom. The van der Waals surface area contributed by atoms with E-state index < -0.39 is 0 Å². The maximum atomic E-state index is 4.46. The van der Waals surface area contributed by atoms with Crippen LogP contribution in [0.2, 0.25) is 0 Å². The molecule has 4 rings (SSSR count). The van der Waals surface area contributed by atoms with Crippen LogP contribution in [0.25, 0.3) is 11.5 Å². The highest BCUT2D eigenvalue weighted by molar-refractivity contribution is 5.95. The molecule has 0 fully saturated rings. The van der Waals surface area contributed by atoms with Crippen molar-refractivity contribution < 1.29 is 4.57 Å². The summed E-state index contributed by atoms with van der Waals surface area (Å²) in [4.78, 5) is 13.3. The molecule has 1 aliphatic heterocycles. The second-order valence-electron chi connectivity index (χ2n) is 4.87. The van der Waals surface area contributed by atoms with Gasteiger partial charge in [-0.25, -0.2) is 9.67 Å². The lowest BCUT2D eigenvalue weighted by atomic mass is 10.3. The number of hydrogen-bond donors (Lipinski definition) is 1. The van der Waals surface area contributed by atoms with E-state index in [-0.39, 0.29) is 0 Å². The van der Waals surface area contributed by atoms with Gasteiger partial charge in [0.1, 0.15) is 18.1 Å². The second kappa shape index (κ2) is 5.80. The largest absolute Gasteiger partial charge is 0.370 e. The molecule has 7 nitrogen and oxygen atoms in total. The molecule has 1 aliphatic rings. The van der Waals surface area contributed by atoms with Gasteiger partial charge in [-0.3, -0.25) is 4.99 Å². The van der Waals surface area contributed by atoms with Crippen LogP contribution in [0.4, 0.5) is 0 Å². The Bertz CT molecular complexity index is 881. The van der Waals surface area contributed by atoms with Gasteiger partial charge in [0.2, 0.25) is 5.84 Å². The zero-order valence-electron chi connectivity index (χ0n) is 12.2. The minimum absolute atomic E-state index is 0.647. The Balaban J connectivity index is 1.80. The maximum Gasteiger partial charge on any atom is 0.370 e. The van der Waals surface area contributed by atoms with Crippen molar-refractivity contribution in [3.63, 3.8) is 0 Å². The van der Waals surface area contributed by atoms with Gasteiger partial charge in [0.05, 0.1) is 6.54 Å². The number of hydrogen-bond acceptors (Lipinski definition) is 5. The zero-order chi connectivity index (χ0) is 15.5. The van der Waals surface area contributed by atoms with E-state index in [4.69, 9.17) is 0 Å². The third kappa shape index (κ3) is 2.59. The predicted molar refractivity (Wildman–Crippen MR) is 84.4 cm³/mol. The first kappa shape index (κ1) is 13.3. The van der Waals surface area contributed by atoms with Gasteiger partial charge < -0.3 is 5.32 Å². The van der Waals surface area contributed by atoms with Crippen LogP contribution in [0, 0.1) is 0 Å². The lowest BCUT2D eigenvalue weighted by Crippen LogP contribution is -2.43. The number of rotatable bonds is 3. The van der Waals surface area contributed by atoms with Crippen molar-refractivity contribution in [3.8, 4) is 11.5 Å². The number of aliphatic imine (C=N–C) groups is 1. The minimum Gasteiger partial charge on any atom is -0.340 e. The molecule has 0 saturated carbocycles. The van der Waals surface area contributed by atoms with Gasteiger partial charge in [0.15, 0.2) is 5.82 Å². The monoisotopic (exact) mass is 304 g/mol. The summed E-state index contributed by atoms with van der Waals surface area (Å²) < 4.78 is 3.69. The van der Waals surface area contributed by atoms with Crippen LogP contribution >= 0.6 is 0 Å². The van der Waals surface area contributed by atoms with Crippen LogP contribution in [-0.2, 0) is 0 Å². The van der Waals surface area contributed by atoms with Crippen LogP contribution < -0.4 is 9.88 Å². The molecule has 112 valence electrons. The number of amidine groups is 1. The van der Waals surface area contributed by atoms with Gasteiger partial charge in [0.25, 0.3) is 0 Å². The molecule has 0 amide bonds. The van der Waals surface area contributed by atoms with Crippen LogP contribution in [0.15, 0.2) is 72.5 Å². The number of pyridine rings is 1. The average Bonchev–Trinajstić information content (AvgIpc) is 3.17. The van der Waals surface area contributed by atoms with Gasteiger partial charge in [-0.05, 0) is 17.1 Å². The molecule has 4 heterocycles. The van der Waals surface area contributed by atoms with Crippen LogP contribution in [0.5, 0.6) is 0 Å². The normalized spacial score (nSPS) is 13.5. The molecule has 3 aromatic heterocycles. The fourth-order valence-electron chi connectivity index (χ4n) is 2.36. The predicted octanol–water partition coefficient (Wildman–Crippen LogP) is 0.802. The van der Waals surface area contributed by atoms with Crippen molar-refractivity contribution >= 4 is 5.84 Å². The Morgan fingerprint density at radius 2 is 2.13 bits per heavy atom. The molecule has 0 unspecified atom stereocenters. The SMILES string of the molecule is C1=CNC(c2nccc[n+]2-c2ccnc(-n3cccn3)c2)=NC1. The Labute approximate surface area is 132 Å². The first-order valence-electron chi connectivity index (χ1n) is 7.21. The van der Waals surface area contributed by atoms with E-state index in [0.717, 1.165) is 23.2 Å². The van der Waals surface area contributed by atoms with E-state index in [1.54, 1.807) is 23.3 Å². The summed E-state index contributed by atoms with van der Waals surface area (Å²) in [6, 6.07) is 7.63. The third-order valence-corrected chi connectivity index (χ3v) is 3.40. The summed E-state index contributed by atoms with van der Waals surface area (Å²) in [5.41, 5.74) is 0.938. The molecule has 7 heteroatoms. The van der Waals surface area contributed by atoms with E-state index in [9.17, 15) is 0 Å². The Hall–Kier alpha value is -3.35. The highest BCUT2D eigenvalue weighted by Crippen LogP contribution is 2.07. The van der Waals surface area contributed by atoms with Crippen LogP contribution in [0.3, 0.4) is 0 Å². The van der Waals surface area contributed by atoms with E-state index in [1.165, 1.54) is 0 Å². The molecule has 3 aromatic rings. The maximum absolute atomic E-state index is 4.46. The average molecular weight is 304 g/mol. The fourth-order valence-corrected chi connectivity index (χ4v) is 2.36. The Morgan fingerprint density at radius 1 is 1.13 bits per heavy atom. The van der Waals surface area contributed by atoms with Gasteiger partial charge in [0, 0.05) is 43.0 Å². The van der Waals surface area contributed by atoms with E-state index in [1.807, 2.05) is 53.5 Å². The molecule has 0 bridgehead atoms. The molecule has 23 heavy (non-hydrogen) atoms. The molecule has 0 atom stereocenters. The summed E-state index contributed by atoms with van der Waals surface area (Å²) >= 11 is 0. The van der Waals surface area contributed by atoms with Crippen molar-refractivity contribution in [2.75, 3.05) is 6.54 Å². The second-order valence-corrected chi connectivity index (χ2v) is 4.87. The summed E-state index contributed by atoms with van der Waals surface area (Å²) in [6.07, 6.45) is 12.9. The highest BCUT2D eigenvalue weighted by Gasteiger charge is 2.21. The first-order valence-corrected chi connectivity index (χ1v) is 7.21. The highest BCUT2D eigenvalue weighted by atomic mass is 15.3. The minimum atomic E-state index is 0.647. The van der Waals surface area contributed by atoms with Crippen LogP contribution in [-0.4, -0.2) is 32.1 Å². The van der Waals surface area contributed by atoms with Crippen molar-refractivity contribution in [2.45, 2.75) is 0 Å². The summed E-state index contributed by atoms with van der Waals surface area (Å²) in [5, 5.41) is 7.36. The van der Waals surface area contributed by atoms with Gasteiger partial charge in [-0.2, -0.15) is 9.67 Å². The quantitative estimate of drug-likeness (QED) is 0.727. The number of aromatic nitrogens is 5. The van der Waals surface area contributed by atoms with Gasteiger partial charge in [-0.15, -0.1) is 0 Å². The molecule has 0 radical (unpaired) electrons.